The number of nitrogens with zero attached hydrogens (tertiary/aromatic N) is 2. The molecule has 0 atom stereocenters. The highest BCUT2D eigenvalue weighted by atomic mass is 32.2. The summed E-state index contributed by atoms with van der Waals surface area (Å²) in [6.45, 7) is 0.0683. The average molecular weight is 270 g/mol. The zero-order chi connectivity index (χ0) is 13.0. The maximum absolute atomic E-state index is 11.8. The Morgan fingerprint density at radius 3 is 2.94 bits per heavy atom. The Morgan fingerprint density at radius 1 is 1.44 bits per heavy atom. The molecule has 2 heterocycles. The second-order valence-electron chi connectivity index (χ2n) is 3.36. The first-order chi connectivity index (χ1) is 8.59. The van der Waals surface area contributed by atoms with E-state index in [9.17, 15) is 13.2 Å². The Kier molecular flexibility index (Phi) is 3.53. The Balaban J connectivity index is 2.04. The molecule has 0 radical (unpaired) electrons. The van der Waals surface area contributed by atoms with Crippen LogP contribution in [0, 0.1) is 0 Å². The molecule has 2 N–H and O–H groups in total. The molecule has 0 fully saturated rings. The number of hydrogen-bond donors (Lipinski definition) is 2. The van der Waals surface area contributed by atoms with Gasteiger partial charge in [-0.2, -0.15) is 4.98 Å². The molecule has 0 saturated heterocycles. The quantitative estimate of drug-likeness (QED) is 0.740. The van der Waals surface area contributed by atoms with E-state index in [0.29, 0.717) is 5.89 Å². The summed E-state index contributed by atoms with van der Waals surface area (Å²) in [7, 11) is -3.83. The van der Waals surface area contributed by atoms with E-state index in [2.05, 4.69) is 19.8 Å². The monoisotopic (exact) mass is 270 g/mol. The minimum atomic E-state index is -3.83. The fourth-order valence-electron chi connectivity index (χ4n) is 1.29. The van der Waals surface area contributed by atoms with Crippen molar-refractivity contribution in [3.8, 4) is 0 Å². The highest BCUT2D eigenvalue weighted by molar-refractivity contribution is 7.89. The van der Waals surface area contributed by atoms with Crippen LogP contribution < -0.4 is 10.2 Å². The van der Waals surface area contributed by atoms with Gasteiger partial charge in [-0.05, 0) is 0 Å². The van der Waals surface area contributed by atoms with Gasteiger partial charge in [0.05, 0.1) is 0 Å². The third-order valence-electron chi connectivity index (χ3n) is 2.12. The molecule has 96 valence electrons. The summed E-state index contributed by atoms with van der Waals surface area (Å²) in [5.74, 6) is 0.319. The van der Waals surface area contributed by atoms with Crippen LogP contribution >= 0.6 is 0 Å². The summed E-state index contributed by atoms with van der Waals surface area (Å²) in [4.78, 5) is 17.4. The lowest BCUT2D eigenvalue weighted by Crippen LogP contribution is -2.30. The number of sulfonamides is 1. The van der Waals surface area contributed by atoms with Gasteiger partial charge >= 0.3 is 0 Å². The molecule has 9 heteroatoms. The van der Waals surface area contributed by atoms with Crippen molar-refractivity contribution in [3.05, 3.63) is 40.9 Å². The molecule has 0 bridgehead atoms. The van der Waals surface area contributed by atoms with Gasteiger partial charge < -0.3 is 9.51 Å². The fourth-order valence-corrected chi connectivity index (χ4v) is 2.37. The van der Waals surface area contributed by atoms with Gasteiger partial charge in [0.2, 0.25) is 21.3 Å². The standard InChI is InChI=1S/C9H10N4O4S/c14-7-1-3-10-5-8(7)18(15,16)13-4-2-9-11-6-12-17-9/h1,3,5-6,13H,2,4H2,(H,10,14). The molecule has 0 amide bonds. The smallest absolute Gasteiger partial charge is 0.245 e. The number of aromatic amines is 1. The first kappa shape index (κ1) is 12.5. The molecule has 0 aliphatic heterocycles. The first-order valence-electron chi connectivity index (χ1n) is 5.02. The Bertz CT molecular complexity index is 662. The van der Waals surface area contributed by atoms with Crippen LogP contribution in [0.5, 0.6) is 0 Å². The minimum absolute atomic E-state index is 0.0683. The lowest BCUT2D eigenvalue weighted by molar-refractivity contribution is 0.377. The molecule has 2 aromatic heterocycles. The van der Waals surface area contributed by atoms with E-state index in [4.69, 9.17) is 4.52 Å². The van der Waals surface area contributed by atoms with Crippen LogP contribution in [0.4, 0.5) is 0 Å². The summed E-state index contributed by atoms with van der Waals surface area (Å²) in [5, 5.41) is 3.39. The zero-order valence-corrected chi connectivity index (χ0v) is 9.98. The maximum atomic E-state index is 11.8. The molecule has 0 aliphatic carbocycles. The number of nitrogens with one attached hydrogen (secondary N) is 2. The molecule has 2 rings (SSSR count). The number of pyridine rings is 1. The van der Waals surface area contributed by atoms with Crippen LogP contribution in [0.1, 0.15) is 5.89 Å². The molecule has 0 aliphatic rings. The Labute approximate surface area is 102 Å². The molecular weight excluding hydrogens is 260 g/mol. The largest absolute Gasteiger partial charge is 0.366 e. The van der Waals surface area contributed by atoms with Gasteiger partial charge in [0.1, 0.15) is 4.90 Å². The van der Waals surface area contributed by atoms with Gasteiger partial charge in [-0.1, -0.05) is 5.16 Å². The van der Waals surface area contributed by atoms with Gasteiger partial charge in [0.15, 0.2) is 6.33 Å². The predicted octanol–water partition coefficient (Wildman–Crippen LogP) is -0.721. The van der Waals surface area contributed by atoms with Crippen LogP contribution in [0.3, 0.4) is 0 Å². The normalized spacial score (nSPS) is 11.6. The van der Waals surface area contributed by atoms with Gasteiger partial charge in [-0.25, -0.2) is 13.1 Å². The maximum Gasteiger partial charge on any atom is 0.245 e. The molecule has 0 saturated carbocycles. The van der Waals surface area contributed by atoms with Crippen molar-refractivity contribution in [2.75, 3.05) is 6.54 Å². The average Bonchev–Trinajstić information content (AvgIpc) is 2.82. The number of rotatable bonds is 5. The van der Waals surface area contributed by atoms with E-state index in [0.717, 1.165) is 12.3 Å². The van der Waals surface area contributed by atoms with Gasteiger partial charge in [0.25, 0.3) is 0 Å². The summed E-state index contributed by atoms with van der Waals surface area (Å²) >= 11 is 0. The molecule has 18 heavy (non-hydrogen) atoms. The van der Waals surface area contributed by atoms with Crippen molar-refractivity contribution in [2.24, 2.45) is 0 Å². The second kappa shape index (κ2) is 5.10. The van der Waals surface area contributed by atoms with Gasteiger partial charge in [-0.15, -0.1) is 0 Å². The van der Waals surface area contributed by atoms with E-state index < -0.39 is 15.5 Å². The van der Waals surface area contributed by atoms with Crippen molar-refractivity contribution in [1.29, 1.82) is 0 Å². The summed E-state index contributed by atoms with van der Waals surface area (Å²) in [6, 6.07) is 1.15. The summed E-state index contributed by atoms with van der Waals surface area (Å²) in [5.41, 5.74) is -0.570. The van der Waals surface area contributed by atoms with E-state index in [1.165, 1.54) is 12.5 Å². The summed E-state index contributed by atoms with van der Waals surface area (Å²) in [6.07, 6.45) is 3.98. The fraction of sp³-hybridized carbons (Fsp3) is 0.222. The Morgan fingerprint density at radius 2 is 2.28 bits per heavy atom. The minimum Gasteiger partial charge on any atom is -0.366 e. The molecule has 0 spiro atoms. The van der Waals surface area contributed by atoms with E-state index in [1.807, 2.05) is 0 Å². The lowest BCUT2D eigenvalue weighted by atomic mass is 10.4. The van der Waals surface area contributed by atoms with Crippen LogP contribution in [-0.2, 0) is 16.4 Å². The van der Waals surface area contributed by atoms with Crippen LogP contribution in [0.25, 0.3) is 0 Å². The van der Waals surface area contributed by atoms with Crippen molar-refractivity contribution in [2.45, 2.75) is 11.3 Å². The number of aromatic nitrogens is 3. The number of hydrogen-bond acceptors (Lipinski definition) is 6. The highest BCUT2D eigenvalue weighted by Gasteiger charge is 2.17. The first-order valence-corrected chi connectivity index (χ1v) is 6.50. The van der Waals surface area contributed by atoms with Crippen LogP contribution in [0.15, 0.2) is 39.0 Å². The van der Waals surface area contributed by atoms with Crippen molar-refractivity contribution >= 4 is 10.0 Å². The SMILES string of the molecule is O=c1cc[nH]cc1S(=O)(=O)NCCc1ncno1. The molecular formula is C9H10N4O4S. The third-order valence-corrected chi connectivity index (χ3v) is 3.60. The molecule has 0 aromatic carbocycles. The molecule has 8 nitrogen and oxygen atoms in total. The molecule has 2 aromatic rings. The highest BCUT2D eigenvalue weighted by Crippen LogP contribution is 2.00. The van der Waals surface area contributed by atoms with E-state index in [-0.39, 0.29) is 17.9 Å². The topological polar surface area (TPSA) is 118 Å². The van der Waals surface area contributed by atoms with Gasteiger partial charge in [0, 0.05) is 31.4 Å². The lowest BCUT2D eigenvalue weighted by Gasteiger charge is -2.03. The van der Waals surface area contributed by atoms with E-state index >= 15 is 0 Å². The van der Waals surface area contributed by atoms with Crippen LogP contribution in [-0.4, -0.2) is 30.1 Å². The van der Waals surface area contributed by atoms with E-state index in [1.54, 1.807) is 0 Å². The summed E-state index contributed by atoms with van der Waals surface area (Å²) < 4.78 is 30.6. The van der Waals surface area contributed by atoms with Gasteiger partial charge in [-0.3, -0.25) is 4.79 Å². The van der Waals surface area contributed by atoms with Crippen LogP contribution in [0.2, 0.25) is 0 Å². The van der Waals surface area contributed by atoms with Crippen molar-refractivity contribution < 1.29 is 12.9 Å². The third kappa shape index (κ3) is 2.81. The Hall–Kier alpha value is -2.00. The number of H-pyrrole nitrogens is 1. The zero-order valence-electron chi connectivity index (χ0n) is 9.16. The van der Waals surface area contributed by atoms with Crippen molar-refractivity contribution in [3.63, 3.8) is 0 Å². The predicted molar refractivity (Wildman–Crippen MR) is 60.3 cm³/mol. The second-order valence-corrected chi connectivity index (χ2v) is 5.09. The molecule has 0 unspecified atom stereocenters. The van der Waals surface area contributed by atoms with Crippen molar-refractivity contribution in [1.82, 2.24) is 19.8 Å².